The van der Waals surface area contributed by atoms with Crippen LogP contribution in [-0.2, 0) is 6.54 Å². The average molecular weight is 345 g/mol. The molecule has 0 saturated carbocycles. The maximum absolute atomic E-state index is 13.0. The van der Waals surface area contributed by atoms with Crippen LogP contribution < -0.4 is 0 Å². The molecule has 2 aromatic rings. The van der Waals surface area contributed by atoms with E-state index >= 15 is 0 Å². The molecule has 0 aliphatic carbocycles. The van der Waals surface area contributed by atoms with Crippen molar-refractivity contribution in [1.29, 1.82) is 5.26 Å². The highest BCUT2D eigenvalue weighted by Crippen LogP contribution is 2.30. The fourth-order valence-corrected chi connectivity index (χ4v) is 4.26. The van der Waals surface area contributed by atoms with E-state index in [0.29, 0.717) is 23.1 Å². The van der Waals surface area contributed by atoms with Crippen molar-refractivity contribution in [3.63, 3.8) is 0 Å². The van der Waals surface area contributed by atoms with Crippen LogP contribution in [0, 0.1) is 17.2 Å². The number of hydrogen-bond acceptors (Lipinski definition) is 3. The minimum absolute atomic E-state index is 0.0561. The van der Waals surface area contributed by atoms with Gasteiger partial charge in [0.05, 0.1) is 11.6 Å². The van der Waals surface area contributed by atoms with Gasteiger partial charge in [0.25, 0.3) is 5.91 Å². The minimum atomic E-state index is 0.0561. The summed E-state index contributed by atoms with van der Waals surface area (Å²) in [5, 5.41) is 9.09. The van der Waals surface area contributed by atoms with Crippen LogP contribution in [0.1, 0.15) is 34.3 Å². The molecule has 0 unspecified atom stereocenters. The van der Waals surface area contributed by atoms with E-state index in [0.717, 1.165) is 32.6 Å². The van der Waals surface area contributed by atoms with Gasteiger partial charge < -0.3 is 4.90 Å². The molecule has 3 heterocycles. The molecule has 0 aromatic heterocycles. The zero-order valence-corrected chi connectivity index (χ0v) is 14.8. The van der Waals surface area contributed by atoms with E-state index in [1.807, 2.05) is 17.0 Å². The van der Waals surface area contributed by atoms with E-state index in [1.54, 1.807) is 18.2 Å². The Hall–Kier alpha value is -2.64. The van der Waals surface area contributed by atoms with Crippen LogP contribution in [0.4, 0.5) is 0 Å². The summed E-state index contributed by atoms with van der Waals surface area (Å²) in [5.41, 5.74) is 2.50. The van der Waals surface area contributed by atoms with Crippen LogP contribution in [0.5, 0.6) is 0 Å². The summed E-state index contributed by atoms with van der Waals surface area (Å²) >= 11 is 0. The molecule has 4 heteroatoms. The summed E-state index contributed by atoms with van der Waals surface area (Å²) in [6.07, 6.45) is 2.34. The van der Waals surface area contributed by atoms with Gasteiger partial charge in [-0.1, -0.05) is 36.4 Å². The molecular formula is C22H23N3O. The number of rotatable bonds is 3. The molecular weight excluding hydrogens is 322 g/mol. The lowest BCUT2D eigenvalue weighted by Crippen LogP contribution is -2.43. The molecule has 0 spiro atoms. The number of carbonyl (C=O) groups is 1. The van der Waals surface area contributed by atoms with Gasteiger partial charge in [-0.2, -0.15) is 5.26 Å². The monoisotopic (exact) mass is 345 g/mol. The molecule has 3 aliphatic rings. The average Bonchev–Trinajstić information content (AvgIpc) is 3.00. The highest BCUT2D eigenvalue weighted by Gasteiger charge is 2.36. The minimum Gasteiger partial charge on any atom is -0.337 e. The molecule has 0 N–H and O–H groups in total. The molecule has 3 fully saturated rings. The zero-order valence-electron chi connectivity index (χ0n) is 14.8. The van der Waals surface area contributed by atoms with Gasteiger partial charge in [0.2, 0.25) is 0 Å². The van der Waals surface area contributed by atoms with E-state index in [4.69, 9.17) is 5.26 Å². The third kappa shape index (κ3) is 3.49. The summed E-state index contributed by atoms with van der Waals surface area (Å²) in [5.74, 6) is 0.584. The van der Waals surface area contributed by atoms with Gasteiger partial charge in [-0.05, 0) is 42.5 Å². The quantitative estimate of drug-likeness (QED) is 0.857. The van der Waals surface area contributed by atoms with E-state index in [2.05, 4.69) is 35.2 Å². The summed E-state index contributed by atoms with van der Waals surface area (Å²) in [6, 6.07) is 20.2. The lowest BCUT2D eigenvalue weighted by Gasteiger charge is -2.36. The lowest BCUT2D eigenvalue weighted by molar-refractivity contribution is 0.0736. The van der Waals surface area contributed by atoms with Gasteiger partial charge in [0.1, 0.15) is 0 Å². The third-order valence-corrected chi connectivity index (χ3v) is 5.58. The van der Waals surface area contributed by atoms with Crippen molar-refractivity contribution in [3.8, 4) is 6.07 Å². The molecule has 1 amide bonds. The van der Waals surface area contributed by atoms with Gasteiger partial charge in [0, 0.05) is 37.8 Å². The summed E-state index contributed by atoms with van der Waals surface area (Å²) < 4.78 is 0. The molecule has 0 radical (unpaired) electrons. The number of carbonyl (C=O) groups excluding carboxylic acids is 1. The van der Waals surface area contributed by atoms with Crippen molar-refractivity contribution in [2.45, 2.75) is 25.4 Å². The standard InChI is InChI=1S/C22H23N3O/c23-12-18-7-4-8-20(11-18)22(26)25-15-19-9-10-21(16-25)24(14-19)13-17-5-2-1-3-6-17/h1-8,11,19,21H,9-10,13-16H2/t19-,21-/m0/s1. The van der Waals surface area contributed by atoms with Crippen LogP contribution >= 0.6 is 0 Å². The molecule has 3 saturated heterocycles. The predicted molar refractivity (Wildman–Crippen MR) is 100 cm³/mol. The SMILES string of the molecule is N#Cc1cccc(C(=O)N2C[C@H]3CC[C@@H](C2)N(Cc2ccccc2)C3)c1. The van der Waals surface area contributed by atoms with Crippen LogP contribution in [0.3, 0.4) is 0 Å². The summed E-state index contributed by atoms with van der Waals surface area (Å²) in [7, 11) is 0. The van der Waals surface area contributed by atoms with Gasteiger partial charge in [-0.15, -0.1) is 0 Å². The van der Waals surface area contributed by atoms with Crippen LogP contribution in [0.15, 0.2) is 54.6 Å². The second-order valence-electron chi connectivity index (χ2n) is 7.41. The summed E-state index contributed by atoms with van der Waals surface area (Å²) in [4.78, 5) is 17.6. The second kappa shape index (κ2) is 7.31. The Morgan fingerprint density at radius 2 is 1.88 bits per heavy atom. The highest BCUT2D eigenvalue weighted by atomic mass is 16.2. The first-order valence-corrected chi connectivity index (χ1v) is 9.30. The van der Waals surface area contributed by atoms with Crippen LogP contribution in [0.2, 0.25) is 0 Å². The first-order valence-electron chi connectivity index (χ1n) is 9.30. The topological polar surface area (TPSA) is 47.3 Å². The van der Waals surface area contributed by atoms with Crippen molar-refractivity contribution in [3.05, 3.63) is 71.3 Å². The van der Waals surface area contributed by atoms with E-state index in [1.165, 1.54) is 12.0 Å². The number of fused-ring (bicyclic) bond motifs is 4. The molecule has 3 aliphatic heterocycles. The Morgan fingerprint density at radius 1 is 1.04 bits per heavy atom. The number of nitriles is 1. The van der Waals surface area contributed by atoms with Crippen molar-refractivity contribution in [2.24, 2.45) is 5.92 Å². The van der Waals surface area contributed by atoms with Crippen LogP contribution in [0.25, 0.3) is 0 Å². The maximum Gasteiger partial charge on any atom is 0.253 e. The Bertz CT molecular complexity index is 827. The third-order valence-electron chi connectivity index (χ3n) is 5.58. The molecule has 2 bridgehead atoms. The first kappa shape index (κ1) is 16.8. The van der Waals surface area contributed by atoms with Crippen molar-refractivity contribution >= 4 is 5.91 Å². The predicted octanol–water partition coefficient (Wildman–Crippen LogP) is 3.29. The Balaban J connectivity index is 1.50. The van der Waals surface area contributed by atoms with E-state index in [9.17, 15) is 4.79 Å². The Labute approximate surface area is 154 Å². The number of nitrogens with zero attached hydrogens (tertiary/aromatic N) is 3. The maximum atomic E-state index is 13.0. The smallest absolute Gasteiger partial charge is 0.253 e. The Morgan fingerprint density at radius 3 is 2.69 bits per heavy atom. The van der Waals surface area contributed by atoms with Gasteiger partial charge in [-0.3, -0.25) is 9.69 Å². The van der Waals surface area contributed by atoms with Gasteiger partial charge in [-0.25, -0.2) is 0 Å². The number of benzene rings is 2. The van der Waals surface area contributed by atoms with Crippen molar-refractivity contribution in [2.75, 3.05) is 19.6 Å². The normalized spacial score (nSPS) is 22.7. The van der Waals surface area contributed by atoms with E-state index < -0.39 is 0 Å². The highest BCUT2D eigenvalue weighted by molar-refractivity contribution is 5.94. The molecule has 4 nitrogen and oxygen atoms in total. The molecule has 2 aromatic carbocycles. The first-order chi connectivity index (χ1) is 12.7. The summed E-state index contributed by atoms with van der Waals surface area (Å²) in [6.45, 7) is 3.60. The number of amides is 1. The van der Waals surface area contributed by atoms with Crippen LogP contribution in [-0.4, -0.2) is 41.4 Å². The second-order valence-corrected chi connectivity index (χ2v) is 7.41. The molecule has 2 atom stereocenters. The number of hydrogen-bond donors (Lipinski definition) is 0. The zero-order chi connectivity index (χ0) is 17.9. The van der Waals surface area contributed by atoms with Gasteiger partial charge >= 0.3 is 0 Å². The molecule has 132 valence electrons. The fraction of sp³-hybridized carbons (Fsp3) is 0.364. The fourth-order valence-electron chi connectivity index (χ4n) is 4.26. The largest absolute Gasteiger partial charge is 0.337 e. The van der Waals surface area contributed by atoms with Crippen molar-refractivity contribution in [1.82, 2.24) is 9.80 Å². The van der Waals surface area contributed by atoms with E-state index in [-0.39, 0.29) is 5.91 Å². The lowest BCUT2D eigenvalue weighted by atomic mass is 9.94. The number of piperidine rings is 1. The molecule has 26 heavy (non-hydrogen) atoms. The van der Waals surface area contributed by atoms with Crippen molar-refractivity contribution < 1.29 is 4.79 Å². The van der Waals surface area contributed by atoms with Gasteiger partial charge in [0.15, 0.2) is 0 Å². The molecule has 5 rings (SSSR count). The Kier molecular flexibility index (Phi) is 4.73.